The van der Waals surface area contributed by atoms with E-state index < -0.39 is 0 Å². The number of fused-ring (bicyclic) bond motifs is 2. The molecule has 2 fully saturated rings. The van der Waals surface area contributed by atoms with E-state index in [1.54, 1.807) is 12.5 Å². The van der Waals surface area contributed by atoms with Crippen LogP contribution < -0.4 is 10.6 Å². The van der Waals surface area contributed by atoms with Gasteiger partial charge in [-0.1, -0.05) is 0 Å². The maximum Gasteiger partial charge on any atom is 0.261 e. The Labute approximate surface area is 121 Å². The van der Waals surface area contributed by atoms with Crippen LogP contribution in [0, 0.1) is 0 Å². The van der Waals surface area contributed by atoms with Crippen LogP contribution in [0.1, 0.15) is 28.9 Å². The Morgan fingerprint density at radius 1 is 1.35 bits per heavy atom. The highest BCUT2D eigenvalue weighted by molar-refractivity contribution is 7.17. The summed E-state index contributed by atoms with van der Waals surface area (Å²) < 4.78 is 5.08. The first-order chi connectivity index (χ1) is 9.79. The molecule has 2 bridgehead atoms. The second-order valence-electron chi connectivity index (χ2n) is 5.54. The molecule has 2 N–H and O–H groups in total. The number of amides is 1. The summed E-state index contributed by atoms with van der Waals surface area (Å²) in [5.41, 5.74) is 1.02. The Hall–Kier alpha value is -1.59. The summed E-state index contributed by atoms with van der Waals surface area (Å²) in [5.74, 6) is 0.0455. The fourth-order valence-electron chi connectivity index (χ4n) is 3.24. The lowest BCUT2D eigenvalue weighted by Crippen LogP contribution is -2.42. The predicted molar refractivity (Wildman–Crippen MR) is 77.8 cm³/mol. The summed E-state index contributed by atoms with van der Waals surface area (Å²) in [6.45, 7) is 0. The highest BCUT2D eigenvalue weighted by Gasteiger charge is 2.39. The van der Waals surface area contributed by atoms with Crippen molar-refractivity contribution < 1.29 is 9.21 Å². The standard InChI is InChI=1S/C15H16N2O2S/c18-15(17-12-7-10-1-2-11(12)16-10)14-4-3-13(20-14)9-5-6-19-8-9/h3-6,8,10-12,16H,1-2,7H2,(H,17,18)/t10-,11+,12-/m1/s1. The van der Waals surface area contributed by atoms with Crippen molar-refractivity contribution in [2.24, 2.45) is 0 Å². The second-order valence-corrected chi connectivity index (χ2v) is 6.62. The molecule has 2 aromatic rings. The molecule has 4 heterocycles. The zero-order valence-electron chi connectivity index (χ0n) is 11.0. The van der Waals surface area contributed by atoms with Crippen molar-refractivity contribution in [3.8, 4) is 10.4 Å². The number of thiophene rings is 1. The topological polar surface area (TPSA) is 54.3 Å². The van der Waals surface area contributed by atoms with E-state index in [4.69, 9.17) is 4.42 Å². The Morgan fingerprint density at radius 3 is 3.00 bits per heavy atom. The quantitative estimate of drug-likeness (QED) is 0.913. The molecule has 4 nitrogen and oxygen atoms in total. The molecule has 1 amide bonds. The van der Waals surface area contributed by atoms with Gasteiger partial charge in [-0.3, -0.25) is 4.79 Å². The number of carbonyl (C=O) groups is 1. The van der Waals surface area contributed by atoms with E-state index in [0.717, 1.165) is 21.7 Å². The highest BCUT2D eigenvalue weighted by atomic mass is 32.1. The lowest BCUT2D eigenvalue weighted by Gasteiger charge is -2.20. The van der Waals surface area contributed by atoms with Gasteiger partial charge in [0.2, 0.25) is 0 Å². The van der Waals surface area contributed by atoms with Gasteiger partial charge in [0, 0.05) is 28.6 Å². The van der Waals surface area contributed by atoms with Crippen LogP contribution in [0.2, 0.25) is 0 Å². The minimum absolute atomic E-state index is 0.0455. The van der Waals surface area contributed by atoms with Crippen molar-refractivity contribution in [3.05, 3.63) is 35.6 Å². The van der Waals surface area contributed by atoms with Crippen LogP contribution in [0.4, 0.5) is 0 Å². The molecule has 4 rings (SSSR count). The summed E-state index contributed by atoms with van der Waals surface area (Å²) in [6.07, 6.45) is 6.85. The fourth-order valence-corrected chi connectivity index (χ4v) is 4.14. The molecule has 0 unspecified atom stereocenters. The maximum absolute atomic E-state index is 12.3. The third kappa shape index (κ3) is 2.07. The summed E-state index contributed by atoms with van der Waals surface area (Å²) in [6, 6.07) is 7.15. The van der Waals surface area contributed by atoms with E-state index in [9.17, 15) is 4.79 Å². The lowest BCUT2D eigenvalue weighted by atomic mass is 9.95. The Morgan fingerprint density at radius 2 is 2.30 bits per heavy atom. The number of hydrogen-bond donors (Lipinski definition) is 2. The predicted octanol–water partition coefficient (Wildman–Crippen LogP) is 2.63. The van der Waals surface area contributed by atoms with Crippen molar-refractivity contribution >= 4 is 17.2 Å². The third-order valence-corrected chi connectivity index (χ3v) is 5.39. The minimum Gasteiger partial charge on any atom is -0.472 e. The van der Waals surface area contributed by atoms with Gasteiger partial charge >= 0.3 is 0 Å². The summed E-state index contributed by atoms with van der Waals surface area (Å²) in [7, 11) is 0. The van der Waals surface area contributed by atoms with Crippen molar-refractivity contribution in [2.45, 2.75) is 37.4 Å². The molecule has 0 radical (unpaired) electrons. The SMILES string of the molecule is O=C(N[C@@H]1C[C@H]2CC[C@@H]1N2)c1ccc(-c2ccoc2)s1. The van der Waals surface area contributed by atoms with Crippen molar-refractivity contribution in [3.63, 3.8) is 0 Å². The molecular formula is C15H16N2O2S. The zero-order valence-corrected chi connectivity index (χ0v) is 11.8. The molecule has 104 valence electrons. The van der Waals surface area contributed by atoms with E-state index in [-0.39, 0.29) is 5.91 Å². The number of nitrogens with one attached hydrogen (secondary N) is 2. The smallest absolute Gasteiger partial charge is 0.261 e. The average molecular weight is 288 g/mol. The van der Waals surface area contributed by atoms with Crippen molar-refractivity contribution in [1.29, 1.82) is 0 Å². The Balaban J connectivity index is 1.46. The van der Waals surface area contributed by atoms with E-state index in [1.807, 2.05) is 18.2 Å². The molecule has 0 spiro atoms. The van der Waals surface area contributed by atoms with E-state index >= 15 is 0 Å². The van der Waals surface area contributed by atoms with Gasteiger partial charge in [-0.2, -0.15) is 0 Å². The Bertz CT molecular complexity index is 620. The molecule has 0 aliphatic carbocycles. The van der Waals surface area contributed by atoms with Gasteiger partial charge in [-0.05, 0) is 37.5 Å². The fraction of sp³-hybridized carbons (Fsp3) is 0.400. The molecule has 3 atom stereocenters. The monoisotopic (exact) mass is 288 g/mol. The normalized spacial score (nSPS) is 27.9. The minimum atomic E-state index is 0.0455. The van der Waals surface area contributed by atoms with Crippen LogP contribution in [-0.4, -0.2) is 24.0 Å². The van der Waals surface area contributed by atoms with Gasteiger partial charge in [0.05, 0.1) is 17.4 Å². The second kappa shape index (κ2) is 4.75. The zero-order chi connectivity index (χ0) is 13.5. The van der Waals surface area contributed by atoms with Crippen LogP contribution in [0.5, 0.6) is 0 Å². The number of carbonyl (C=O) groups excluding carboxylic acids is 1. The summed E-state index contributed by atoms with van der Waals surface area (Å²) in [4.78, 5) is 14.1. The van der Waals surface area contributed by atoms with Gasteiger partial charge in [0.25, 0.3) is 5.91 Å². The molecule has 2 aromatic heterocycles. The summed E-state index contributed by atoms with van der Waals surface area (Å²) in [5, 5.41) is 6.71. The number of furan rings is 1. The molecule has 0 saturated carbocycles. The maximum atomic E-state index is 12.3. The molecular weight excluding hydrogens is 272 g/mol. The Kier molecular flexibility index (Phi) is 2.89. The molecule has 20 heavy (non-hydrogen) atoms. The third-order valence-electron chi connectivity index (χ3n) is 4.25. The number of rotatable bonds is 3. The van der Waals surface area contributed by atoms with Gasteiger partial charge in [0.1, 0.15) is 0 Å². The molecule has 2 aliphatic rings. The average Bonchev–Trinajstić information content (AvgIpc) is 3.21. The van der Waals surface area contributed by atoms with Gasteiger partial charge in [0.15, 0.2) is 0 Å². The molecule has 5 heteroatoms. The largest absolute Gasteiger partial charge is 0.472 e. The van der Waals surface area contributed by atoms with Crippen molar-refractivity contribution in [1.82, 2.24) is 10.6 Å². The van der Waals surface area contributed by atoms with Crippen LogP contribution in [0.3, 0.4) is 0 Å². The van der Waals surface area contributed by atoms with Crippen molar-refractivity contribution in [2.75, 3.05) is 0 Å². The van der Waals surface area contributed by atoms with Gasteiger partial charge < -0.3 is 15.1 Å². The first-order valence-corrected chi connectivity index (χ1v) is 7.80. The van der Waals surface area contributed by atoms with E-state index in [0.29, 0.717) is 18.1 Å². The van der Waals surface area contributed by atoms with Crippen LogP contribution >= 0.6 is 11.3 Å². The molecule has 2 aliphatic heterocycles. The van der Waals surface area contributed by atoms with Gasteiger partial charge in [-0.15, -0.1) is 11.3 Å². The molecule has 2 saturated heterocycles. The molecule has 0 aromatic carbocycles. The first kappa shape index (κ1) is 12.2. The van der Waals surface area contributed by atoms with Crippen LogP contribution in [0.25, 0.3) is 10.4 Å². The highest BCUT2D eigenvalue weighted by Crippen LogP contribution is 2.30. The van der Waals surface area contributed by atoms with Crippen LogP contribution in [0.15, 0.2) is 35.1 Å². The van der Waals surface area contributed by atoms with E-state index in [2.05, 4.69) is 10.6 Å². The van der Waals surface area contributed by atoms with Gasteiger partial charge in [-0.25, -0.2) is 0 Å². The lowest BCUT2D eigenvalue weighted by molar-refractivity contribution is 0.0935. The van der Waals surface area contributed by atoms with E-state index in [1.165, 1.54) is 24.2 Å². The van der Waals surface area contributed by atoms with Crippen LogP contribution in [-0.2, 0) is 0 Å². The summed E-state index contributed by atoms with van der Waals surface area (Å²) >= 11 is 1.51. The number of hydrogen-bond acceptors (Lipinski definition) is 4. The first-order valence-electron chi connectivity index (χ1n) is 6.99.